The van der Waals surface area contributed by atoms with Gasteiger partial charge >= 0.3 is 17.9 Å². The fourth-order valence-electron chi connectivity index (χ4n) is 5.91. The first-order chi connectivity index (χ1) is 17.2. The van der Waals surface area contributed by atoms with Gasteiger partial charge in [0.2, 0.25) is 0 Å². The van der Waals surface area contributed by atoms with E-state index in [-0.39, 0.29) is 29.6 Å². The monoisotopic (exact) mass is 558 g/mol. The van der Waals surface area contributed by atoms with Gasteiger partial charge in [-0.3, -0.25) is 9.59 Å². The number of rotatable bonds is 8. The van der Waals surface area contributed by atoms with E-state index in [2.05, 4.69) is 0 Å². The zero-order valence-electron chi connectivity index (χ0n) is 23.4. The van der Waals surface area contributed by atoms with Crippen LogP contribution in [0.5, 0.6) is 0 Å². The molecule has 4 bridgehead atoms. The molecule has 0 spiro atoms. The Balaban J connectivity index is 0.000000206. The van der Waals surface area contributed by atoms with Gasteiger partial charge in [0.05, 0.1) is 16.4 Å². The molecule has 4 saturated carbocycles. The molecular formula is C28H46O7S2. The van der Waals surface area contributed by atoms with E-state index >= 15 is 0 Å². The SMILES string of the molecule is CCC(C)(C)C(=O)OC12CC3CC(CC(O)(C3)C1)C2.CCC(C)(C)C(=O)OCC(=O)OC1CSCCS1. The lowest BCUT2D eigenvalue weighted by Crippen LogP contribution is -2.61. The predicted octanol–water partition coefficient (Wildman–Crippen LogP) is 5.36. The van der Waals surface area contributed by atoms with Crippen molar-refractivity contribution in [3.05, 3.63) is 0 Å². The molecule has 0 aromatic carbocycles. The van der Waals surface area contributed by atoms with Gasteiger partial charge in [-0.2, -0.15) is 11.8 Å². The molecule has 1 heterocycles. The van der Waals surface area contributed by atoms with Crippen molar-refractivity contribution in [3.63, 3.8) is 0 Å². The molecule has 7 nitrogen and oxygen atoms in total. The van der Waals surface area contributed by atoms with Gasteiger partial charge < -0.3 is 19.3 Å². The molecule has 3 unspecified atom stereocenters. The Bertz CT molecular complexity index is 820. The predicted molar refractivity (Wildman–Crippen MR) is 147 cm³/mol. The molecule has 1 saturated heterocycles. The third-order valence-electron chi connectivity index (χ3n) is 8.53. The van der Waals surface area contributed by atoms with E-state index in [1.807, 2.05) is 27.7 Å². The molecule has 3 atom stereocenters. The Kier molecular flexibility index (Phi) is 9.99. The topological polar surface area (TPSA) is 99.1 Å². The van der Waals surface area contributed by atoms with Crippen molar-refractivity contribution in [2.45, 2.75) is 110 Å². The number of carbonyl (C=O) groups is 3. The minimum atomic E-state index is -0.555. The van der Waals surface area contributed by atoms with E-state index in [0.29, 0.717) is 24.7 Å². The summed E-state index contributed by atoms with van der Waals surface area (Å²) in [6.07, 6.45) is 7.13. The summed E-state index contributed by atoms with van der Waals surface area (Å²) < 4.78 is 16.2. The molecule has 5 fully saturated rings. The van der Waals surface area contributed by atoms with Gasteiger partial charge in [0.15, 0.2) is 12.0 Å². The molecule has 9 heteroatoms. The van der Waals surface area contributed by atoms with Crippen LogP contribution < -0.4 is 0 Å². The zero-order chi connectivity index (χ0) is 27.5. The molecule has 1 N–H and O–H groups in total. The summed E-state index contributed by atoms with van der Waals surface area (Å²) in [5, 5.41) is 10.6. The summed E-state index contributed by atoms with van der Waals surface area (Å²) in [6.45, 7) is 11.1. The minimum absolute atomic E-state index is 0.0828. The molecule has 1 aliphatic heterocycles. The molecule has 212 valence electrons. The number of hydrogen-bond acceptors (Lipinski definition) is 9. The summed E-state index contributed by atoms with van der Waals surface area (Å²) in [5.74, 6) is 3.12. The Morgan fingerprint density at radius 2 is 1.51 bits per heavy atom. The van der Waals surface area contributed by atoms with Crippen LogP contribution in [0.1, 0.15) is 92.9 Å². The fourth-order valence-corrected chi connectivity index (χ4v) is 8.30. The van der Waals surface area contributed by atoms with E-state index in [4.69, 9.17) is 14.2 Å². The highest BCUT2D eigenvalue weighted by Gasteiger charge is 2.59. The van der Waals surface area contributed by atoms with Crippen LogP contribution in [0.4, 0.5) is 0 Å². The normalized spacial score (nSPS) is 32.7. The first-order valence-electron chi connectivity index (χ1n) is 13.7. The Hall–Kier alpha value is -0.930. The summed E-state index contributed by atoms with van der Waals surface area (Å²) in [6, 6.07) is 0. The number of aliphatic hydroxyl groups is 1. The summed E-state index contributed by atoms with van der Waals surface area (Å²) in [7, 11) is 0. The number of ether oxygens (including phenoxy) is 3. The Morgan fingerprint density at radius 3 is 2.03 bits per heavy atom. The van der Waals surface area contributed by atoms with Crippen LogP contribution in [0.3, 0.4) is 0 Å². The molecule has 5 rings (SSSR count). The van der Waals surface area contributed by atoms with Gasteiger partial charge in [0.25, 0.3) is 0 Å². The van der Waals surface area contributed by atoms with Crippen molar-refractivity contribution in [2.24, 2.45) is 22.7 Å². The minimum Gasteiger partial charge on any atom is -0.459 e. The summed E-state index contributed by atoms with van der Waals surface area (Å²) in [4.78, 5) is 35.5. The average molecular weight is 559 g/mol. The maximum atomic E-state index is 12.4. The molecule has 0 aromatic rings. The third-order valence-corrected chi connectivity index (χ3v) is 11.1. The highest BCUT2D eigenvalue weighted by atomic mass is 32.2. The molecule has 0 amide bonds. The summed E-state index contributed by atoms with van der Waals surface area (Å²) >= 11 is 3.40. The summed E-state index contributed by atoms with van der Waals surface area (Å²) in [5.41, 5.74) is -1.97. The van der Waals surface area contributed by atoms with Crippen LogP contribution in [0, 0.1) is 22.7 Å². The zero-order valence-corrected chi connectivity index (χ0v) is 25.1. The molecular weight excluding hydrogens is 512 g/mol. The lowest BCUT2D eigenvalue weighted by molar-refractivity contribution is -0.225. The molecule has 4 aliphatic carbocycles. The van der Waals surface area contributed by atoms with Gasteiger partial charge in [-0.15, -0.1) is 11.8 Å². The number of thioether (sulfide) groups is 2. The fraction of sp³-hybridized carbons (Fsp3) is 0.893. The molecule has 0 aromatic heterocycles. The van der Waals surface area contributed by atoms with Crippen LogP contribution in [0.2, 0.25) is 0 Å². The van der Waals surface area contributed by atoms with Crippen molar-refractivity contribution in [1.82, 2.24) is 0 Å². The molecule has 37 heavy (non-hydrogen) atoms. The Labute approximate surface area is 230 Å². The van der Waals surface area contributed by atoms with Gasteiger partial charge in [-0.1, -0.05) is 13.8 Å². The maximum absolute atomic E-state index is 12.4. The second-order valence-corrected chi connectivity index (χ2v) is 15.1. The van der Waals surface area contributed by atoms with Crippen molar-refractivity contribution < 1.29 is 33.7 Å². The van der Waals surface area contributed by atoms with E-state index < -0.39 is 22.4 Å². The third kappa shape index (κ3) is 8.04. The lowest BCUT2D eigenvalue weighted by atomic mass is 9.52. The molecule has 0 radical (unpaired) electrons. The lowest BCUT2D eigenvalue weighted by Gasteiger charge is -2.59. The van der Waals surface area contributed by atoms with E-state index in [0.717, 1.165) is 49.4 Å². The van der Waals surface area contributed by atoms with Crippen LogP contribution >= 0.6 is 23.5 Å². The second-order valence-electron chi connectivity index (χ2n) is 12.7. The van der Waals surface area contributed by atoms with Crippen molar-refractivity contribution >= 4 is 41.4 Å². The maximum Gasteiger partial charge on any atom is 0.345 e. The number of carbonyl (C=O) groups excluding carboxylic acids is 3. The van der Waals surface area contributed by atoms with Crippen LogP contribution in [-0.4, -0.2) is 63.5 Å². The van der Waals surface area contributed by atoms with E-state index in [1.165, 1.54) is 6.42 Å². The number of esters is 3. The van der Waals surface area contributed by atoms with Crippen molar-refractivity contribution in [3.8, 4) is 0 Å². The van der Waals surface area contributed by atoms with E-state index in [1.54, 1.807) is 37.4 Å². The quantitative estimate of drug-likeness (QED) is 0.311. The van der Waals surface area contributed by atoms with Crippen molar-refractivity contribution in [2.75, 3.05) is 23.9 Å². The molecule has 5 aliphatic rings. The highest BCUT2D eigenvalue weighted by molar-refractivity contribution is 8.06. The second kappa shape index (κ2) is 12.1. The van der Waals surface area contributed by atoms with Crippen molar-refractivity contribution in [1.29, 1.82) is 0 Å². The average Bonchev–Trinajstić information content (AvgIpc) is 2.81. The van der Waals surface area contributed by atoms with Crippen LogP contribution in [-0.2, 0) is 28.6 Å². The standard InChI is InChI=1S/C16H26O3.C12H20O4S2/c1-4-14(2,3)13(17)19-16-8-11-5-12(9-16)7-15(18,6-11)10-16;1-4-12(2,3)11(14)15-7-9(13)16-10-8-17-5-6-18-10/h11-12,18H,4-10H2,1-3H3;10H,4-8H2,1-3H3. The van der Waals surface area contributed by atoms with E-state index in [9.17, 15) is 19.5 Å². The van der Waals surface area contributed by atoms with Gasteiger partial charge in [0.1, 0.15) is 5.60 Å². The Morgan fingerprint density at radius 1 is 0.919 bits per heavy atom. The smallest absolute Gasteiger partial charge is 0.345 e. The van der Waals surface area contributed by atoms with Gasteiger partial charge in [0, 0.05) is 23.7 Å². The first kappa shape index (κ1) is 30.6. The largest absolute Gasteiger partial charge is 0.459 e. The van der Waals surface area contributed by atoms with Crippen LogP contribution in [0.15, 0.2) is 0 Å². The highest BCUT2D eigenvalue weighted by Crippen LogP contribution is 2.59. The number of hydrogen-bond donors (Lipinski definition) is 1. The van der Waals surface area contributed by atoms with Crippen LogP contribution in [0.25, 0.3) is 0 Å². The van der Waals surface area contributed by atoms with Gasteiger partial charge in [-0.25, -0.2) is 4.79 Å². The first-order valence-corrected chi connectivity index (χ1v) is 15.9. The van der Waals surface area contributed by atoms with Gasteiger partial charge in [-0.05, 0) is 84.5 Å².